The summed E-state index contributed by atoms with van der Waals surface area (Å²) in [6.07, 6.45) is 5.27. The van der Waals surface area contributed by atoms with E-state index in [1.54, 1.807) is 0 Å². The molecule has 0 unspecified atom stereocenters. The molecule has 0 aliphatic heterocycles. The van der Waals surface area contributed by atoms with Crippen molar-refractivity contribution in [2.45, 2.75) is 44.1 Å². The van der Waals surface area contributed by atoms with Crippen molar-refractivity contribution >= 4 is 23.5 Å². The van der Waals surface area contributed by atoms with Crippen molar-refractivity contribution < 1.29 is 0 Å². The topological polar surface area (TPSA) is 0 Å². The van der Waals surface area contributed by atoms with E-state index in [-0.39, 0.29) is 0 Å². The molecule has 1 aromatic rings. The normalized spacial score (nSPS) is 11.0. The van der Waals surface area contributed by atoms with Crippen molar-refractivity contribution in [3.8, 4) is 0 Å². The van der Waals surface area contributed by atoms with Crippen LogP contribution in [0.15, 0.2) is 30.3 Å². The van der Waals surface area contributed by atoms with Crippen LogP contribution in [0.5, 0.6) is 0 Å². The van der Waals surface area contributed by atoms with Gasteiger partial charge in [0.25, 0.3) is 0 Å². The Bertz CT molecular complexity index is 262. The lowest BCUT2D eigenvalue weighted by Crippen LogP contribution is -1.93. The Kier molecular flexibility index (Phi) is 8.72. The van der Waals surface area contributed by atoms with E-state index in [9.17, 15) is 0 Å². The van der Waals surface area contributed by atoms with Crippen LogP contribution in [0, 0.1) is 0 Å². The lowest BCUT2D eigenvalue weighted by atomic mass is 10.2. The molecule has 0 aliphatic rings. The molecule has 0 aliphatic carbocycles. The van der Waals surface area contributed by atoms with Gasteiger partial charge in [0.1, 0.15) is 0 Å². The number of rotatable bonds is 9. The standard InChI is InChI=1S/C15H24S2/c1-3-5-12-16-15(17-13-6-4-2)14-10-8-7-9-11-14/h7-11,15H,3-6,12-13H2,1-2H3. The van der Waals surface area contributed by atoms with E-state index < -0.39 is 0 Å². The molecule has 0 saturated heterocycles. The molecule has 0 N–H and O–H groups in total. The summed E-state index contributed by atoms with van der Waals surface area (Å²) in [5, 5.41) is 0. The molecule has 17 heavy (non-hydrogen) atoms. The van der Waals surface area contributed by atoms with Gasteiger partial charge in [-0.1, -0.05) is 57.0 Å². The summed E-state index contributed by atoms with van der Waals surface area (Å²) >= 11 is 4.23. The molecule has 0 radical (unpaired) electrons. The van der Waals surface area contributed by atoms with Crippen molar-refractivity contribution in [1.29, 1.82) is 0 Å². The summed E-state index contributed by atoms with van der Waals surface area (Å²) in [6.45, 7) is 4.53. The van der Waals surface area contributed by atoms with Crippen LogP contribution in [-0.2, 0) is 0 Å². The monoisotopic (exact) mass is 268 g/mol. The Morgan fingerprint density at radius 3 is 1.88 bits per heavy atom. The predicted octanol–water partition coefficient (Wildman–Crippen LogP) is 5.75. The first-order valence-corrected chi connectivity index (χ1v) is 8.76. The molecule has 0 saturated carbocycles. The van der Waals surface area contributed by atoms with Crippen LogP contribution in [0.4, 0.5) is 0 Å². The molecule has 0 atom stereocenters. The summed E-state index contributed by atoms with van der Waals surface area (Å²) in [6, 6.07) is 10.9. The zero-order valence-corrected chi connectivity index (χ0v) is 12.7. The van der Waals surface area contributed by atoms with E-state index in [2.05, 4.69) is 67.7 Å². The maximum absolute atomic E-state index is 2.27. The Hall–Kier alpha value is -0.0800. The molecule has 0 heterocycles. The minimum Gasteiger partial charge on any atom is -0.143 e. The Morgan fingerprint density at radius 2 is 1.41 bits per heavy atom. The zero-order chi connectivity index (χ0) is 12.3. The quantitative estimate of drug-likeness (QED) is 0.413. The summed E-state index contributed by atoms with van der Waals surface area (Å²) < 4.78 is 0.634. The average Bonchev–Trinajstić information content (AvgIpc) is 2.38. The summed E-state index contributed by atoms with van der Waals surface area (Å²) in [5.74, 6) is 2.57. The van der Waals surface area contributed by atoms with Crippen LogP contribution in [0.1, 0.15) is 49.7 Å². The molecule has 96 valence electrons. The Labute approximate surface area is 115 Å². The highest BCUT2D eigenvalue weighted by molar-refractivity contribution is 8.16. The van der Waals surface area contributed by atoms with Gasteiger partial charge < -0.3 is 0 Å². The maximum Gasteiger partial charge on any atom is 0.0751 e. The van der Waals surface area contributed by atoms with Gasteiger partial charge in [0.05, 0.1) is 4.58 Å². The predicted molar refractivity (Wildman–Crippen MR) is 83.9 cm³/mol. The second-order valence-corrected chi connectivity index (χ2v) is 6.92. The van der Waals surface area contributed by atoms with Crippen LogP contribution >= 0.6 is 23.5 Å². The van der Waals surface area contributed by atoms with Crippen LogP contribution in [-0.4, -0.2) is 11.5 Å². The second kappa shape index (κ2) is 9.90. The number of thioether (sulfide) groups is 2. The van der Waals surface area contributed by atoms with Crippen molar-refractivity contribution in [2.75, 3.05) is 11.5 Å². The first kappa shape index (κ1) is 15.0. The molecule has 0 spiro atoms. The van der Waals surface area contributed by atoms with Crippen LogP contribution in [0.3, 0.4) is 0 Å². The minimum atomic E-state index is 0.634. The largest absolute Gasteiger partial charge is 0.143 e. The van der Waals surface area contributed by atoms with Gasteiger partial charge in [0.2, 0.25) is 0 Å². The maximum atomic E-state index is 2.27. The fourth-order valence-electron chi connectivity index (χ4n) is 1.52. The summed E-state index contributed by atoms with van der Waals surface area (Å²) in [7, 11) is 0. The van der Waals surface area contributed by atoms with Crippen LogP contribution in [0.2, 0.25) is 0 Å². The number of benzene rings is 1. The van der Waals surface area contributed by atoms with Gasteiger partial charge >= 0.3 is 0 Å². The molecule has 0 fully saturated rings. The highest BCUT2D eigenvalue weighted by Crippen LogP contribution is 2.40. The third-order valence-electron chi connectivity index (χ3n) is 2.61. The van der Waals surface area contributed by atoms with Crippen molar-refractivity contribution in [3.63, 3.8) is 0 Å². The first-order valence-electron chi connectivity index (χ1n) is 6.66. The van der Waals surface area contributed by atoms with E-state index in [1.165, 1.54) is 42.8 Å². The molecular formula is C15H24S2. The first-order chi connectivity index (χ1) is 8.38. The fraction of sp³-hybridized carbons (Fsp3) is 0.600. The third-order valence-corrected chi connectivity index (χ3v) is 5.62. The van der Waals surface area contributed by atoms with Gasteiger partial charge in [0, 0.05) is 0 Å². The van der Waals surface area contributed by atoms with Gasteiger partial charge in [-0.05, 0) is 29.9 Å². The molecule has 2 heteroatoms. The lowest BCUT2D eigenvalue weighted by Gasteiger charge is -2.16. The minimum absolute atomic E-state index is 0.634. The lowest BCUT2D eigenvalue weighted by molar-refractivity contribution is 0.892. The SMILES string of the molecule is CCCCSC(SCCCC)c1ccccc1. The average molecular weight is 268 g/mol. The number of hydrogen-bond donors (Lipinski definition) is 0. The van der Waals surface area contributed by atoms with Crippen molar-refractivity contribution in [3.05, 3.63) is 35.9 Å². The van der Waals surface area contributed by atoms with E-state index >= 15 is 0 Å². The smallest absolute Gasteiger partial charge is 0.0751 e. The van der Waals surface area contributed by atoms with Crippen LogP contribution < -0.4 is 0 Å². The molecular weight excluding hydrogens is 244 g/mol. The van der Waals surface area contributed by atoms with Gasteiger partial charge in [-0.25, -0.2) is 0 Å². The zero-order valence-electron chi connectivity index (χ0n) is 11.0. The van der Waals surface area contributed by atoms with E-state index in [0.29, 0.717) is 4.58 Å². The number of hydrogen-bond acceptors (Lipinski definition) is 2. The van der Waals surface area contributed by atoms with E-state index in [1.807, 2.05) is 0 Å². The Morgan fingerprint density at radius 1 is 0.882 bits per heavy atom. The van der Waals surface area contributed by atoms with Gasteiger partial charge in [-0.2, -0.15) is 0 Å². The molecule has 0 amide bonds. The van der Waals surface area contributed by atoms with Crippen LogP contribution in [0.25, 0.3) is 0 Å². The molecule has 1 rings (SSSR count). The molecule has 0 bridgehead atoms. The molecule has 0 nitrogen and oxygen atoms in total. The van der Waals surface area contributed by atoms with Gasteiger partial charge in [0.15, 0.2) is 0 Å². The van der Waals surface area contributed by atoms with Crippen molar-refractivity contribution in [2.24, 2.45) is 0 Å². The summed E-state index contributed by atoms with van der Waals surface area (Å²) in [5.41, 5.74) is 1.48. The third kappa shape index (κ3) is 6.42. The fourth-order valence-corrected chi connectivity index (χ4v) is 4.52. The second-order valence-electron chi connectivity index (χ2n) is 4.19. The van der Waals surface area contributed by atoms with Gasteiger partial charge in [-0.15, -0.1) is 23.5 Å². The highest BCUT2D eigenvalue weighted by atomic mass is 32.2. The van der Waals surface area contributed by atoms with Gasteiger partial charge in [-0.3, -0.25) is 0 Å². The summed E-state index contributed by atoms with van der Waals surface area (Å²) in [4.78, 5) is 0. The highest BCUT2D eigenvalue weighted by Gasteiger charge is 2.11. The molecule has 1 aromatic carbocycles. The number of unbranched alkanes of at least 4 members (excludes halogenated alkanes) is 2. The Balaban J connectivity index is 2.46. The van der Waals surface area contributed by atoms with E-state index in [4.69, 9.17) is 0 Å². The van der Waals surface area contributed by atoms with Crippen molar-refractivity contribution in [1.82, 2.24) is 0 Å². The van der Waals surface area contributed by atoms with E-state index in [0.717, 1.165) is 0 Å². The molecule has 0 aromatic heterocycles.